The second-order valence-electron chi connectivity index (χ2n) is 15.9. The number of piperidine rings is 1. The third-order valence-corrected chi connectivity index (χ3v) is 11.8. The lowest BCUT2D eigenvalue weighted by molar-refractivity contribution is -0.136. The van der Waals surface area contributed by atoms with E-state index in [-0.39, 0.29) is 48.6 Å². The number of pyridine rings is 1. The summed E-state index contributed by atoms with van der Waals surface area (Å²) in [6.07, 6.45) is 3.81. The fourth-order valence-electron chi connectivity index (χ4n) is 8.67. The van der Waals surface area contributed by atoms with Crippen molar-refractivity contribution in [2.75, 3.05) is 54.4 Å². The number of halogens is 1. The fourth-order valence-corrected chi connectivity index (χ4v) is 8.67. The van der Waals surface area contributed by atoms with E-state index >= 15 is 4.39 Å². The molecule has 4 aromatic rings. The van der Waals surface area contributed by atoms with Gasteiger partial charge in [0.25, 0.3) is 11.8 Å². The highest BCUT2D eigenvalue weighted by molar-refractivity contribution is 6.19. The van der Waals surface area contributed by atoms with Crippen molar-refractivity contribution in [1.29, 1.82) is 0 Å². The minimum atomic E-state index is -0.790. The quantitative estimate of drug-likeness (QED) is 0.285. The van der Waals surface area contributed by atoms with Gasteiger partial charge in [0.2, 0.25) is 23.7 Å². The lowest BCUT2D eigenvalue weighted by atomic mass is 10.0. The molecule has 2 atom stereocenters. The van der Waals surface area contributed by atoms with Crippen molar-refractivity contribution in [3.05, 3.63) is 82.4 Å². The molecule has 7 heterocycles. The van der Waals surface area contributed by atoms with Crippen molar-refractivity contribution in [3.63, 3.8) is 0 Å². The molecule has 1 unspecified atom stereocenters. The number of nitrogens with one attached hydrogen (secondary N) is 2. The van der Waals surface area contributed by atoms with Crippen LogP contribution in [-0.4, -0.2) is 99.5 Å². The average molecular weight is 789 g/mol. The van der Waals surface area contributed by atoms with Gasteiger partial charge in [0, 0.05) is 86.4 Å². The fraction of sp³-hybridized carbons (Fsp3) is 0.405. The van der Waals surface area contributed by atoms with Crippen molar-refractivity contribution in [2.45, 2.75) is 58.7 Å². The Morgan fingerprint density at radius 3 is 2.60 bits per heavy atom. The maximum absolute atomic E-state index is 16.0. The predicted octanol–water partition coefficient (Wildman–Crippen LogP) is 4.25. The van der Waals surface area contributed by atoms with Crippen molar-refractivity contribution < 1.29 is 28.3 Å². The summed E-state index contributed by atoms with van der Waals surface area (Å²) in [5.41, 5.74) is 6.38. The minimum Gasteiger partial charge on any atom is -0.477 e. The first kappa shape index (κ1) is 37.4. The number of aliphatic imine (C=N–C) groups is 1. The van der Waals surface area contributed by atoms with Crippen molar-refractivity contribution >= 4 is 46.7 Å². The number of guanidine groups is 1. The smallest absolute Gasteiger partial charge is 0.280 e. The second-order valence-corrected chi connectivity index (χ2v) is 15.9. The number of hydrogen-bond acceptors (Lipinski definition) is 11. The molecule has 300 valence electrons. The number of carbonyl (C=O) groups excluding carboxylic acids is 4. The molecule has 2 aromatic heterocycles. The first-order chi connectivity index (χ1) is 28.0. The Labute approximate surface area is 334 Å². The molecule has 5 aliphatic heterocycles. The van der Waals surface area contributed by atoms with Gasteiger partial charge in [0.05, 0.1) is 42.0 Å². The summed E-state index contributed by atoms with van der Waals surface area (Å²) >= 11 is 0. The van der Waals surface area contributed by atoms with Gasteiger partial charge < -0.3 is 24.8 Å². The summed E-state index contributed by atoms with van der Waals surface area (Å²) in [7, 11) is 1.83. The number of piperazine rings is 1. The summed E-state index contributed by atoms with van der Waals surface area (Å²) in [5, 5.41) is 10.1. The van der Waals surface area contributed by atoms with Crippen molar-refractivity contribution in [1.82, 2.24) is 29.9 Å². The molecular weight excluding hydrogens is 744 g/mol. The Kier molecular flexibility index (Phi) is 9.66. The summed E-state index contributed by atoms with van der Waals surface area (Å²) in [4.78, 5) is 68.5. The van der Waals surface area contributed by atoms with Crippen LogP contribution in [0.15, 0.2) is 53.7 Å². The highest BCUT2D eigenvalue weighted by Crippen LogP contribution is 2.38. The van der Waals surface area contributed by atoms with E-state index in [9.17, 15) is 19.2 Å². The molecule has 0 spiro atoms. The minimum absolute atomic E-state index is 0.00290. The molecular formula is C42H45FN10O5. The molecule has 2 fully saturated rings. The molecule has 58 heavy (non-hydrogen) atoms. The zero-order valence-electron chi connectivity index (χ0n) is 32.8. The molecule has 2 saturated heterocycles. The number of aromatic nitrogens is 3. The van der Waals surface area contributed by atoms with Gasteiger partial charge in [-0.15, -0.1) is 0 Å². The molecule has 16 heteroatoms. The van der Waals surface area contributed by atoms with E-state index in [1.807, 2.05) is 20.0 Å². The lowest BCUT2D eigenvalue weighted by Gasteiger charge is -2.36. The third-order valence-electron chi connectivity index (χ3n) is 11.8. The molecule has 2 aromatic carbocycles. The molecule has 2 bridgehead atoms. The van der Waals surface area contributed by atoms with Gasteiger partial charge in [-0.25, -0.2) is 9.07 Å². The maximum atomic E-state index is 16.0. The van der Waals surface area contributed by atoms with Crippen LogP contribution in [0.4, 0.5) is 21.5 Å². The number of imide groups is 1. The van der Waals surface area contributed by atoms with Gasteiger partial charge >= 0.3 is 0 Å². The Bertz CT molecular complexity index is 2390. The van der Waals surface area contributed by atoms with Gasteiger partial charge in [-0.2, -0.15) is 10.1 Å². The first-order valence-electron chi connectivity index (χ1n) is 19.9. The number of carbonyl (C=O) groups is 4. The highest BCUT2D eigenvalue weighted by atomic mass is 19.1. The van der Waals surface area contributed by atoms with Crippen LogP contribution in [0, 0.1) is 18.7 Å². The molecule has 0 radical (unpaired) electrons. The van der Waals surface area contributed by atoms with Gasteiger partial charge in [0.1, 0.15) is 11.9 Å². The zero-order chi connectivity index (χ0) is 40.2. The van der Waals surface area contributed by atoms with Crippen LogP contribution in [0.1, 0.15) is 70.1 Å². The van der Waals surface area contributed by atoms with E-state index in [2.05, 4.69) is 54.5 Å². The van der Waals surface area contributed by atoms with Crippen molar-refractivity contribution in [2.24, 2.45) is 18.0 Å². The molecule has 4 amide bonds. The summed E-state index contributed by atoms with van der Waals surface area (Å²) in [5.74, 6) is -0.708. The van der Waals surface area contributed by atoms with Gasteiger partial charge in [-0.1, -0.05) is 13.0 Å². The number of rotatable bonds is 4. The Hall–Kier alpha value is -6.16. The van der Waals surface area contributed by atoms with Crippen LogP contribution >= 0.6 is 0 Å². The van der Waals surface area contributed by atoms with E-state index in [0.717, 1.165) is 48.6 Å². The van der Waals surface area contributed by atoms with E-state index in [1.54, 1.807) is 35.1 Å². The van der Waals surface area contributed by atoms with Crippen LogP contribution in [0.5, 0.6) is 5.88 Å². The summed E-state index contributed by atoms with van der Waals surface area (Å²) < 4.78 is 23.9. The number of nitrogens with zero attached hydrogens (tertiary/aromatic N) is 8. The van der Waals surface area contributed by atoms with Crippen LogP contribution in [-0.2, 0) is 29.7 Å². The molecule has 5 aliphatic rings. The Morgan fingerprint density at radius 2 is 1.79 bits per heavy atom. The number of ether oxygens (including phenoxy) is 1. The molecule has 2 N–H and O–H groups in total. The second kappa shape index (κ2) is 15.0. The van der Waals surface area contributed by atoms with Crippen LogP contribution in [0.3, 0.4) is 0 Å². The van der Waals surface area contributed by atoms with E-state index in [0.29, 0.717) is 72.7 Å². The number of benzene rings is 2. The van der Waals surface area contributed by atoms with Crippen molar-refractivity contribution in [3.8, 4) is 17.1 Å². The van der Waals surface area contributed by atoms with E-state index < -0.39 is 17.8 Å². The molecule has 0 aliphatic carbocycles. The Balaban J connectivity index is 0.900. The third kappa shape index (κ3) is 6.94. The first-order valence-corrected chi connectivity index (χ1v) is 19.9. The molecule has 9 rings (SSSR count). The number of hydrogen-bond donors (Lipinski definition) is 2. The maximum Gasteiger partial charge on any atom is 0.280 e. The van der Waals surface area contributed by atoms with Crippen LogP contribution in [0.25, 0.3) is 11.3 Å². The summed E-state index contributed by atoms with van der Waals surface area (Å²) in [6.45, 7) is 8.44. The van der Waals surface area contributed by atoms with Gasteiger partial charge in [-0.05, 0) is 68.5 Å². The van der Waals surface area contributed by atoms with Crippen LogP contribution < -0.4 is 25.2 Å². The zero-order valence-corrected chi connectivity index (χ0v) is 32.8. The lowest BCUT2D eigenvalue weighted by Crippen LogP contribution is -2.52. The van der Waals surface area contributed by atoms with E-state index in [4.69, 9.17) is 9.72 Å². The largest absolute Gasteiger partial charge is 0.477 e. The summed E-state index contributed by atoms with van der Waals surface area (Å²) in [6, 6.07) is 12.3. The normalized spacial score (nSPS) is 22.1. The van der Waals surface area contributed by atoms with Gasteiger partial charge in [-0.3, -0.25) is 34.4 Å². The average Bonchev–Trinajstić information content (AvgIpc) is 3.86. The predicted molar refractivity (Wildman–Crippen MR) is 214 cm³/mol. The standard InChI is InChI=1S/C42H45FN10O5/c1-24-5-4-16-58-41-30(20-44-49(41)3)33-18-27(17-25(2)45-33)38(55)48-42-46-32-9-7-28(19-35(32)53(42)21-24)51-14-12-50(13-15-51)22-26-6-8-29-31(37(26)43)23-52(40(29)57)34-10-11-36(54)47-39(34)56/h6-9,17-20,24,34H,4-5,10-16,21-23H2,1-3H3,(H,46,48,55)(H,47,54,56)/t24-,34?/m1/s1. The number of amides is 4. The molecule has 15 nitrogen and oxygen atoms in total. The van der Waals surface area contributed by atoms with Crippen LogP contribution in [0.2, 0.25) is 0 Å². The molecule has 0 saturated carbocycles. The number of fused-ring (bicyclic) bond motifs is 8. The number of anilines is 3. The highest BCUT2D eigenvalue weighted by Gasteiger charge is 2.41. The SMILES string of the molecule is Cc1cc2cc(n1)-c1cnn(C)c1OCCC[C@@H](C)CN1/C(=N/C2=O)Nc2ccc(N3CCN(Cc4ccc5c(c4F)CN(C4CCC(=O)NC4=O)C5=O)CC3)cc21. The van der Waals surface area contributed by atoms with Gasteiger partial charge in [0.15, 0.2) is 0 Å². The van der Waals surface area contributed by atoms with E-state index in [1.165, 1.54) is 4.90 Å². The number of aryl methyl sites for hydroxylation is 2. The monoisotopic (exact) mass is 788 g/mol. The Morgan fingerprint density at radius 1 is 0.966 bits per heavy atom. The topological polar surface area (TPSA) is 158 Å².